The number of H-pyrrole nitrogens is 2. The van der Waals surface area contributed by atoms with Gasteiger partial charge in [-0.1, -0.05) is 6.07 Å². The van der Waals surface area contributed by atoms with Crippen LogP contribution in [0.5, 0.6) is 0 Å². The molecule has 0 unspecified atom stereocenters. The van der Waals surface area contributed by atoms with Crippen LogP contribution in [0.2, 0.25) is 0 Å². The van der Waals surface area contributed by atoms with Crippen molar-refractivity contribution in [3.63, 3.8) is 0 Å². The first-order chi connectivity index (χ1) is 8.69. The fourth-order valence-corrected chi connectivity index (χ4v) is 1.97. The van der Waals surface area contributed by atoms with Gasteiger partial charge in [-0.05, 0) is 29.9 Å². The zero-order chi connectivity index (χ0) is 13.0. The standard InChI is InChI=1S/C12H15N3O2S/c16-11(4-6-18)13-5-3-8-1-2-9-10(7-8)15-12(17)14-9/h1-2,7,18H,3-6H2,(H,13,16)(H2,14,15,17). The van der Waals surface area contributed by atoms with Crippen molar-refractivity contribution in [3.8, 4) is 0 Å². The maximum atomic E-state index is 11.2. The number of hydrogen-bond acceptors (Lipinski definition) is 3. The Morgan fingerprint density at radius 1 is 1.28 bits per heavy atom. The molecule has 5 nitrogen and oxygen atoms in total. The Morgan fingerprint density at radius 3 is 2.83 bits per heavy atom. The normalized spacial score (nSPS) is 10.7. The Hall–Kier alpha value is -1.69. The molecule has 96 valence electrons. The molecule has 0 bridgehead atoms. The third-order valence-corrected chi connectivity index (χ3v) is 2.88. The van der Waals surface area contributed by atoms with Gasteiger partial charge in [-0.3, -0.25) is 4.79 Å². The molecule has 0 aliphatic rings. The number of hydrogen-bond donors (Lipinski definition) is 4. The highest BCUT2D eigenvalue weighted by molar-refractivity contribution is 7.80. The molecular weight excluding hydrogens is 250 g/mol. The molecule has 0 saturated heterocycles. The minimum Gasteiger partial charge on any atom is -0.356 e. The van der Waals surface area contributed by atoms with Crippen molar-refractivity contribution in [2.24, 2.45) is 0 Å². The summed E-state index contributed by atoms with van der Waals surface area (Å²) in [5, 5.41) is 2.82. The molecule has 0 fully saturated rings. The van der Waals surface area contributed by atoms with Crippen molar-refractivity contribution in [2.45, 2.75) is 12.8 Å². The SMILES string of the molecule is O=C(CCS)NCCc1ccc2[nH]c(=O)[nH]c2c1. The number of imidazole rings is 1. The van der Waals surface area contributed by atoms with Gasteiger partial charge in [-0.15, -0.1) is 0 Å². The van der Waals surface area contributed by atoms with Crippen LogP contribution in [0.3, 0.4) is 0 Å². The number of nitrogens with one attached hydrogen (secondary N) is 3. The van der Waals surface area contributed by atoms with E-state index in [4.69, 9.17) is 0 Å². The van der Waals surface area contributed by atoms with Crippen molar-refractivity contribution in [2.75, 3.05) is 12.3 Å². The van der Waals surface area contributed by atoms with E-state index in [-0.39, 0.29) is 11.6 Å². The van der Waals surface area contributed by atoms with Gasteiger partial charge in [0.05, 0.1) is 11.0 Å². The summed E-state index contributed by atoms with van der Waals surface area (Å²) in [4.78, 5) is 27.7. The van der Waals surface area contributed by atoms with Crippen molar-refractivity contribution < 1.29 is 4.79 Å². The Balaban J connectivity index is 1.95. The molecule has 1 amide bonds. The molecule has 2 aromatic rings. The number of carbonyl (C=O) groups is 1. The van der Waals surface area contributed by atoms with Gasteiger partial charge in [-0.25, -0.2) is 4.79 Å². The number of rotatable bonds is 5. The van der Waals surface area contributed by atoms with Crippen molar-refractivity contribution in [1.82, 2.24) is 15.3 Å². The lowest BCUT2D eigenvalue weighted by molar-refractivity contribution is -0.120. The van der Waals surface area contributed by atoms with Crippen LogP contribution in [-0.2, 0) is 11.2 Å². The van der Waals surface area contributed by atoms with Crippen LogP contribution in [0.4, 0.5) is 0 Å². The lowest BCUT2D eigenvalue weighted by Gasteiger charge is -2.04. The minimum absolute atomic E-state index is 0.0149. The number of fused-ring (bicyclic) bond motifs is 1. The third kappa shape index (κ3) is 3.16. The van der Waals surface area contributed by atoms with Crippen LogP contribution in [0.1, 0.15) is 12.0 Å². The number of aromatic amines is 2. The van der Waals surface area contributed by atoms with E-state index < -0.39 is 0 Å². The average Bonchev–Trinajstić information content (AvgIpc) is 2.69. The van der Waals surface area contributed by atoms with Crippen LogP contribution >= 0.6 is 12.6 Å². The van der Waals surface area contributed by atoms with Gasteiger partial charge >= 0.3 is 5.69 Å². The first-order valence-electron chi connectivity index (χ1n) is 5.77. The molecule has 0 atom stereocenters. The topological polar surface area (TPSA) is 77.8 Å². The molecule has 2 rings (SSSR count). The van der Waals surface area contributed by atoms with Gasteiger partial charge in [0.15, 0.2) is 0 Å². The van der Waals surface area contributed by atoms with Gasteiger partial charge in [-0.2, -0.15) is 12.6 Å². The van der Waals surface area contributed by atoms with E-state index >= 15 is 0 Å². The van der Waals surface area contributed by atoms with E-state index in [0.29, 0.717) is 18.7 Å². The highest BCUT2D eigenvalue weighted by Gasteiger charge is 2.01. The van der Waals surface area contributed by atoms with Crippen molar-refractivity contribution >= 4 is 29.6 Å². The van der Waals surface area contributed by atoms with E-state index in [9.17, 15) is 9.59 Å². The molecule has 0 saturated carbocycles. The van der Waals surface area contributed by atoms with Crippen LogP contribution < -0.4 is 11.0 Å². The van der Waals surface area contributed by atoms with Crippen molar-refractivity contribution in [1.29, 1.82) is 0 Å². The van der Waals surface area contributed by atoms with Crippen LogP contribution in [0.15, 0.2) is 23.0 Å². The Bertz CT molecular complexity index is 603. The van der Waals surface area contributed by atoms with Gasteiger partial charge < -0.3 is 15.3 Å². The van der Waals surface area contributed by atoms with Gasteiger partial charge in [0.25, 0.3) is 0 Å². The zero-order valence-corrected chi connectivity index (χ0v) is 10.7. The predicted molar refractivity (Wildman–Crippen MR) is 74.1 cm³/mol. The summed E-state index contributed by atoms with van der Waals surface area (Å²) in [5.74, 6) is 0.573. The van der Waals surface area contributed by atoms with E-state index in [0.717, 1.165) is 23.0 Å². The fraction of sp³-hybridized carbons (Fsp3) is 0.333. The zero-order valence-electron chi connectivity index (χ0n) is 9.82. The first-order valence-corrected chi connectivity index (χ1v) is 6.41. The van der Waals surface area contributed by atoms with Gasteiger partial charge in [0.1, 0.15) is 0 Å². The summed E-state index contributed by atoms with van der Waals surface area (Å²) in [6, 6.07) is 5.72. The van der Waals surface area contributed by atoms with E-state index in [2.05, 4.69) is 27.9 Å². The number of thiol groups is 1. The second-order valence-corrected chi connectivity index (χ2v) is 4.48. The number of benzene rings is 1. The maximum absolute atomic E-state index is 11.2. The summed E-state index contributed by atoms with van der Waals surface area (Å²) in [6.07, 6.45) is 1.18. The number of carbonyl (C=O) groups excluding carboxylic acids is 1. The molecule has 6 heteroatoms. The molecule has 3 N–H and O–H groups in total. The monoisotopic (exact) mass is 265 g/mol. The van der Waals surface area contributed by atoms with Crippen LogP contribution in [-0.4, -0.2) is 28.2 Å². The van der Waals surface area contributed by atoms with E-state index in [1.54, 1.807) is 0 Å². The molecule has 1 aromatic carbocycles. The predicted octanol–water partition coefficient (Wildman–Crippen LogP) is 0.835. The molecule has 1 aromatic heterocycles. The summed E-state index contributed by atoms with van der Waals surface area (Å²) in [6.45, 7) is 0.590. The van der Waals surface area contributed by atoms with Crippen LogP contribution in [0, 0.1) is 0 Å². The lowest BCUT2D eigenvalue weighted by atomic mass is 10.1. The molecular formula is C12H15N3O2S. The summed E-state index contributed by atoms with van der Waals surface area (Å²) in [5.41, 5.74) is 2.45. The fourth-order valence-electron chi connectivity index (χ4n) is 1.77. The van der Waals surface area contributed by atoms with E-state index in [1.807, 2.05) is 18.2 Å². The number of amides is 1. The molecule has 0 aliphatic heterocycles. The quantitative estimate of drug-likeness (QED) is 0.604. The van der Waals surface area contributed by atoms with Gasteiger partial charge in [0, 0.05) is 13.0 Å². The molecule has 0 aliphatic carbocycles. The highest BCUT2D eigenvalue weighted by atomic mass is 32.1. The number of aromatic nitrogens is 2. The first kappa shape index (κ1) is 12.8. The second-order valence-electron chi connectivity index (χ2n) is 4.03. The molecule has 1 heterocycles. The Kier molecular flexibility index (Phi) is 4.09. The van der Waals surface area contributed by atoms with E-state index in [1.165, 1.54) is 0 Å². The van der Waals surface area contributed by atoms with Gasteiger partial charge in [0.2, 0.25) is 5.91 Å². The molecule has 0 radical (unpaired) electrons. The summed E-state index contributed by atoms with van der Waals surface area (Å²) >= 11 is 4.00. The largest absolute Gasteiger partial charge is 0.356 e. The molecule has 18 heavy (non-hydrogen) atoms. The minimum atomic E-state index is -0.204. The Morgan fingerprint density at radius 2 is 2.06 bits per heavy atom. The highest BCUT2D eigenvalue weighted by Crippen LogP contribution is 2.10. The average molecular weight is 265 g/mol. The lowest BCUT2D eigenvalue weighted by Crippen LogP contribution is -2.25. The Labute approximate surface area is 109 Å². The van der Waals surface area contributed by atoms with Crippen LogP contribution in [0.25, 0.3) is 11.0 Å². The second kappa shape index (κ2) is 5.77. The summed E-state index contributed by atoms with van der Waals surface area (Å²) < 4.78 is 0. The third-order valence-electron chi connectivity index (χ3n) is 2.66. The maximum Gasteiger partial charge on any atom is 0.323 e. The van der Waals surface area contributed by atoms with Crippen molar-refractivity contribution in [3.05, 3.63) is 34.2 Å². The smallest absolute Gasteiger partial charge is 0.323 e. The summed E-state index contributed by atoms with van der Waals surface area (Å²) in [7, 11) is 0. The molecule has 0 spiro atoms.